The molecule has 1 aliphatic heterocycles. The Kier molecular flexibility index (Phi) is 4.10. The number of sulfone groups is 1. The maximum Gasteiger partial charge on any atom is 0.293 e. The van der Waals surface area contributed by atoms with Gasteiger partial charge in [-0.3, -0.25) is 10.1 Å². The van der Waals surface area contributed by atoms with Crippen LogP contribution in [0.5, 0.6) is 0 Å². The molecule has 1 aromatic carbocycles. The molecule has 1 aliphatic rings. The van der Waals surface area contributed by atoms with E-state index >= 15 is 0 Å². The first-order chi connectivity index (χ1) is 8.87. The average molecular weight is 349 g/mol. The molecule has 6 nitrogen and oxygen atoms in total. The van der Waals surface area contributed by atoms with E-state index in [0.29, 0.717) is 23.0 Å². The number of nitrogens with one attached hydrogen (secondary N) is 1. The number of hydrogen-bond donors (Lipinski definition) is 1. The van der Waals surface area contributed by atoms with Gasteiger partial charge >= 0.3 is 0 Å². The summed E-state index contributed by atoms with van der Waals surface area (Å²) in [5.41, 5.74) is 0.299. The highest BCUT2D eigenvalue weighted by Crippen LogP contribution is 2.29. The second-order valence-electron chi connectivity index (χ2n) is 4.52. The van der Waals surface area contributed by atoms with Crippen molar-refractivity contribution in [1.29, 1.82) is 0 Å². The molecule has 0 bridgehead atoms. The predicted octanol–water partition coefficient (Wildman–Crippen LogP) is 2.35. The van der Waals surface area contributed by atoms with Gasteiger partial charge < -0.3 is 5.32 Å². The van der Waals surface area contributed by atoms with Gasteiger partial charge in [0.15, 0.2) is 9.84 Å². The van der Waals surface area contributed by atoms with E-state index < -0.39 is 14.8 Å². The second-order valence-corrected chi connectivity index (χ2v) is 7.66. The van der Waals surface area contributed by atoms with Gasteiger partial charge in [-0.2, -0.15) is 0 Å². The summed E-state index contributed by atoms with van der Waals surface area (Å²) in [6.45, 7) is 0. The summed E-state index contributed by atoms with van der Waals surface area (Å²) in [6, 6.07) is 4.41. The predicted molar refractivity (Wildman–Crippen MR) is 76.1 cm³/mol. The zero-order chi connectivity index (χ0) is 14.0. The molecule has 1 saturated heterocycles. The third kappa shape index (κ3) is 3.66. The molecule has 0 spiro atoms. The Hall–Kier alpha value is -1.15. The highest BCUT2D eigenvalue weighted by atomic mass is 79.9. The van der Waals surface area contributed by atoms with Crippen molar-refractivity contribution in [2.45, 2.75) is 18.9 Å². The van der Waals surface area contributed by atoms with E-state index in [9.17, 15) is 18.5 Å². The Morgan fingerprint density at radius 3 is 2.79 bits per heavy atom. The minimum Gasteiger partial charge on any atom is -0.376 e. The lowest BCUT2D eigenvalue weighted by Crippen LogP contribution is -2.34. The first-order valence-corrected chi connectivity index (χ1v) is 8.40. The Labute approximate surface area is 119 Å². The van der Waals surface area contributed by atoms with Crippen molar-refractivity contribution in [2.75, 3.05) is 16.8 Å². The Morgan fingerprint density at radius 2 is 2.16 bits per heavy atom. The van der Waals surface area contributed by atoms with Gasteiger partial charge in [-0.05, 0) is 25.0 Å². The maximum absolute atomic E-state index is 11.5. The van der Waals surface area contributed by atoms with E-state index in [1.807, 2.05) is 0 Å². The monoisotopic (exact) mass is 348 g/mol. The number of anilines is 1. The summed E-state index contributed by atoms with van der Waals surface area (Å²) >= 11 is 3.18. The molecule has 8 heteroatoms. The summed E-state index contributed by atoms with van der Waals surface area (Å²) in [4.78, 5) is 10.5. The number of rotatable bonds is 3. The fourth-order valence-electron chi connectivity index (χ4n) is 2.13. The van der Waals surface area contributed by atoms with Crippen LogP contribution in [0.4, 0.5) is 11.4 Å². The van der Waals surface area contributed by atoms with Crippen molar-refractivity contribution in [3.63, 3.8) is 0 Å². The van der Waals surface area contributed by atoms with Gasteiger partial charge in [0.25, 0.3) is 5.69 Å². The lowest BCUT2D eigenvalue weighted by atomic mass is 10.1. The number of nitro benzene ring substituents is 1. The van der Waals surface area contributed by atoms with Gasteiger partial charge in [0.2, 0.25) is 0 Å². The van der Waals surface area contributed by atoms with Gasteiger partial charge in [0.05, 0.1) is 16.4 Å². The van der Waals surface area contributed by atoms with Crippen LogP contribution in [0.3, 0.4) is 0 Å². The number of nitro groups is 1. The van der Waals surface area contributed by atoms with Crippen molar-refractivity contribution < 1.29 is 13.3 Å². The molecule has 1 heterocycles. The third-order valence-electron chi connectivity index (χ3n) is 2.98. The fourth-order valence-corrected chi connectivity index (χ4v) is 4.12. The zero-order valence-electron chi connectivity index (χ0n) is 10.0. The zero-order valence-corrected chi connectivity index (χ0v) is 12.4. The van der Waals surface area contributed by atoms with Crippen LogP contribution in [0.1, 0.15) is 12.8 Å². The number of benzene rings is 1. The van der Waals surface area contributed by atoms with E-state index in [1.165, 1.54) is 6.07 Å². The first kappa shape index (κ1) is 14.3. The Balaban J connectivity index is 2.21. The van der Waals surface area contributed by atoms with Crippen LogP contribution in [0.2, 0.25) is 0 Å². The van der Waals surface area contributed by atoms with Crippen molar-refractivity contribution in [3.8, 4) is 0 Å². The molecule has 104 valence electrons. The van der Waals surface area contributed by atoms with Gasteiger partial charge in [0.1, 0.15) is 5.69 Å². The van der Waals surface area contributed by atoms with Crippen LogP contribution >= 0.6 is 15.9 Å². The molecule has 1 N–H and O–H groups in total. The van der Waals surface area contributed by atoms with Crippen LogP contribution in [0, 0.1) is 10.1 Å². The quantitative estimate of drug-likeness (QED) is 0.668. The van der Waals surface area contributed by atoms with Gasteiger partial charge in [-0.1, -0.05) is 15.9 Å². The number of halogens is 1. The highest BCUT2D eigenvalue weighted by molar-refractivity contribution is 9.10. The number of nitrogens with zero attached hydrogens (tertiary/aromatic N) is 1. The van der Waals surface area contributed by atoms with E-state index in [1.54, 1.807) is 12.1 Å². The normalized spacial score (nSPS) is 21.8. The highest BCUT2D eigenvalue weighted by Gasteiger charge is 2.26. The van der Waals surface area contributed by atoms with Crippen LogP contribution < -0.4 is 5.32 Å². The summed E-state index contributed by atoms with van der Waals surface area (Å²) in [6.07, 6.45) is 1.29. The van der Waals surface area contributed by atoms with Crippen molar-refractivity contribution in [3.05, 3.63) is 32.8 Å². The lowest BCUT2D eigenvalue weighted by Gasteiger charge is -2.23. The molecule has 19 heavy (non-hydrogen) atoms. The standard InChI is InChI=1S/C11H13BrN2O4S/c12-8-3-4-10(11(6-8)14(15)16)13-9-2-1-5-19(17,18)7-9/h3-4,6,9,13H,1-2,5,7H2/t9-/m0/s1. The maximum atomic E-state index is 11.5. The molecule has 0 unspecified atom stereocenters. The topological polar surface area (TPSA) is 89.3 Å². The summed E-state index contributed by atoms with van der Waals surface area (Å²) < 4.78 is 23.7. The van der Waals surface area contributed by atoms with E-state index in [0.717, 1.165) is 0 Å². The fraction of sp³-hybridized carbons (Fsp3) is 0.455. The number of hydrogen-bond acceptors (Lipinski definition) is 5. The Morgan fingerprint density at radius 1 is 1.42 bits per heavy atom. The van der Waals surface area contributed by atoms with E-state index in [4.69, 9.17) is 0 Å². The SMILES string of the molecule is O=[N+]([O-])c1cc(Br)ccc1N[C@H]1CCCS(=O)(=O)C1. The molecule has 1 fully saturated rings. The molecule has 0 aliphatic carbocycles. The summed E-state index contributed by atoms with van der Waals surface area (Å²) in [7, 11) is -3.03. The van der Waals surface area contributed by atoms with Gasteiger partial charge in [-0.15, -0.1) is 0 Å². The van der Waals surface area contributed by atoms with E-state index in [-0.39, 0.29) is 23.2 Å². The van der Waals surface area contributed by atoms with Gasteiger partial charge in [-0.25, -0.2) is 8.42 Å². The van der Waals surface area contributed by atoms with Crippen LogP contribution in [-0.4, -0.2) is 30.9 Å². The van der Waals surface area contributed by atoms with Crippen molar-refractivity contribution in [2.24, 2.45) is 0 Å². The largest absolute Gasteiger partial charge is 0.376 e. The smallest absolute Gasteiger partial charge is 0.293 e. The molecule has 0 radical (unpaired) electrons. The van der Waals surface area contributed by atoms with Crippen LogP contribution in [-0.2, 0) is 9.84 Å². The molecule has 0 amide bonds. The third-order valence-corrected chi connectivity index (χ3v) is 5.29. The average Bonchev–Trinajstić information content (AvgIpc) is 2.30. The van der Waals surface area contributed by atoms with Crippen LogP contribution in [0.15, 0.2) is 22.7 Å². The molecule has 1 aromatic rings. The second kappa shape index (κ2) is 5.46. The lowest BCUT2D eigenvalue weighted by molar-refractivity contribution is -0.384. The van der Waals surface area contributed by atoms with Gasteiger partial charge in [0, 0.05) is 16.6 Å². The molecule has 0 aromatic heterocycles. The van der Waals surface area contributed by atoms with Crippen LogP contribution in [0.25, 0.3) is 0 Å². The molecular weight excluding hydrogens is 336 g/mol. The molecular formula is C11H13BrN2O4S. The Bertz CT molecular complexity index is 603. The van der Waals surface area contributed by atoms with Crippen molar-refractivity contribution >= 4 is 37.1 Å². The summed E-state index contributed by atoms with van der Waals surface area (Å²) in [5, 5.41) is 13.9. The first-order valence-electron chi connectivity index (χ1n) is 5.78. The minimum absolute atomic E-state index is 0.0280. The molecule has 2 rings (SSSR count). The van der Waals surface area contributed by atoms with E-state index in [2.05, 4.69) is 21.2 Å². The summed E-state index contributed by atoms with van der Waals surface area (Å²) in [5.74, 6) is 0.230. The van der Waals surface area contributed by atoms with Crippen molar-refractivity contribution in [1.82, 2.24) is 0 Å². The molecule has 1 atom stereocenters. The minimum atomic E-state index is -3.03. The molecule has 0 saturated carbocycles.